The van der Waals surface area contributed by atoms with Crippen LogP contribution in [-0.2, 0) is 14.3 Å². The first kappa shape index (κ1) is 21.0. The fourth-order valence-electron chi connectivity index (χ4n) is 5.05. The van der Waals surface area contributed by atoms with Crippen LogP contribution in [0.2, 0.25) is 0 Å². The van der Waals surface area contributed by atoms with E-state index in [0.717, 1.165) is 11.1 Å². The lowest BCUT2D eigenvalue weighted by Gasteiger charge is -2.39. The first-order valence-electron chi connectivity index (χ1n) is 10.4. The molecule has 1 fully saturated rings. The largest absolute Gasteiger partial charge is 0.502 e. The maximum Gasteiger partial charge on any atom is 0.310 e. The lowest BCUT2D eigenvalue weighted by molar-refractivity contribution is -0.141. The minimum atomic E-state index is -0.591. The molecule has 9 heteroatoms. The Balaban J connectivity index is 1.74. The number of methoxy groups -OCH3 is 2. The number of hydrogen-bond donors (Lipinski definition) is 2. The second-order valence-electron chi connectivity index (χ2n) is 8.10. The summed E-state index contributed by atoms with van der Waals surface area (Å²) in [5.74, 6) is -0.678. The van der Waals surface area contributed by atoms with E-state index < -0.39 is 17.9 Å². The second-order valence-corrected chi connectivity index (χ2v) is 8.10. The summed E-state index contributed by atoms with van der Waals surface area (Å²) in [5.41, 5.74) is 2.28. The van der Waals surface area contributed by atoms with Crippen LogP contribution in [0.4, 0.5) is 0 Å². The van der Waals surface area contributed by atoms with E-state index in [1.807, 2.05) is 12.1 Å². The summed E-state index contributed by atoms with van der Waals surface area (Å²) in [6, 6.07) is 6.55. The van der Waals surface area contributed by atoms with Gasteiger partial charge in [0.05, 0.1) is 32.8 Å². The van der Waals surface area contributed by atoms with E-state index in [1.54, 1.807) is 12.1 Å². The van der Waals surface area contributed by atoms with Gasteiger partial charge in [-0.25, -0.2) is 0 Å². The molecule has 2 heterocycles. The number of rotatable bonds is 5. The Morgan fingerprint density at radius 3 is 2.33 bits per heavy atom. The van der Waals surface area contributed by atoms with Gasteiger partial charge in [-0.1, -0.05) is 6.58 Å². The normalized spacial score (nSPS) is 24.4. The van der Waals surface area contributed by atoms with Gasteiger partial charge in [0.2, 0.25) is 18.4 Å². The van der Waals surface area contributed by atoms with E-state index in [2.05, 4.69) is 11.9 Å². The summed E-state index contributed by atoms with van der Waals surface area (Å²) in [5, 5.41) is 13.4. The minimum Gasteiger partial charge on any atom is -0.502 e. The van der Waals surface area contributed by atoms with Crippen molar-refractivity contribution < 1.29 is 38.4 Å². The van der Waals surface area contributed by atoms with Crippen LogP contribution in [0.1, 0.15) is 28.7 Å². The van der Waals surface area contributed by atoms with Crippen LogP contribution in [-0.4, -0.2) is 44.6 Å². The van der Waals surface area contributed by atoms with Crippen LogP contribution in [0.25, 0.3) is 0 Å². The standard InChI is InChI=1S/C24H23NO8/c1-4-19(26)25-22-13-8-16-15(32-10-33-16)7-12(13)20(21-14(22)9-31-24(21)28)11-5-17(29-2)23(27)18(6-11)30-3/h4-8,14,20-22,27H,1,9-10H2,2-3H3,(H,25,26)/t14-,20?,21?,22+/m0/s1. The number of phenols is 1. The van der Waals surface area contributed by atoms with Crippen LogP contribution in [0.5, 0.6) is 28.7 Å². The van der Waals surface area contributed by atoms with Crippen molar-refractivity contribution in [1.29, 1.82) is 0 Å². The summed E-state index contributed by atoms with van der Waals surface area (Å²) in [6.07, 6.45) is 1.20. The molecule has 0 saturated carbocycles. The Hall–Kier alpha value is -3.88. The van der Waals surface area contributed by atoms with Gasteiger partial charge in [0.25, 0.3) is 0 Å². The topological polar surface area (TPSA) is 113 Å². The molecule has 5 rings (SSSR count). The zero-order valence-electron chi connectivity index (χ0n) is 18.1. The zero-order valence-corrected chi connectivity index (χ0v) is 18.1. The molecule has 1 saturated heterocycles. The van der Waals surface area contributed by atoms with Gasteiger partial charge in [-0.3, -0.25) is 9.59 Å². The molecular formula is C24H23NO8. The third kappa shape index (κ3) is 3.23. The van der Waals surface area contributed by atoms with Gasteiger partial charge < -0.3 is 34.1 Å². The van der Waals surface area contributed by atoms with Crippen LogP contribution < -0.4 is 24.3 Å². The fraction of sp³-hybridized carbons (Fsp3) is 0.333. The SMILES string of the molecule is C=CC(=O)N[C@@H]1c2cc3c(cc2C(c2cc(OC)c(O)c(OC)c2)C2C(=O)OC[C@@H]21)OCO3. The highest BCUT2D eigenvalue weighted by Crippen LogP contribution is 2.55. The summed E-state index contributed by atoms with van der Waals surface area (Å²) >= 11 is 0. The molecule has 0 bridgehead atoms. The first-order chi connectivity index (χ1) is 16.0. The van der Waals surface area contributed by atoms with Gasteiger partial charge in [0.1, 0.15) is 0 Å². The molecule has 1 amide bonds. The number of fused-ring (bicyclic) bond motifs is 3. The van der Waals surface area contributed by atoms with Crippen molar-refractivity contribution in [3.63, 3.8) is 0 Å². The molecule has 3 aliphatic rings. The molecule has 1 aliphatic carbocycles. The van der Waals surface area contributed by atoms with Crippen molar-refractivity contribution in [3.8, 4) is 28.7 Å². The maximum atomic E-state index is 13.0. The van der Waals surface area contributed by atoms with E-state index in [4.69, 9.17) is 23.7 Å². The van der Waals surface area contributed by atoms with Crippen molar-refractivity contribution in [3.05, 3.63) is 53.6 Å². The number of esters is 1. The van der Waals surface area contributed by atoms with Crippen molar-refractivity contribution in [2.24, 2.45) is 11.8 Å². The first-order valence-corrected chi connectivity index (χ1v) is 10.4. The van der Waals surface area contributed by atoms with Gasteiger partial charge in [-0.05, 0) is 47.0 Å². The molecule has 0 spiro atoms. The number of hydrogen-bond acceptors (Lipinski definition) is 8. The van der Waals surface area contributed by atoms with E-state index in [-0.39, 0.29) is 48.4 Å². The summed E-state index contributed by atoms with van der Waals surface area (Å²) < 4.78 is 27.4. The van der Waals surface area contributed by atoms with E-state index in [1.165, 1.54) is 20.3 Å². The van der Waals surface area contributed by atoms with Gasteiger partial charge in [-0.15, -0.1) is 0 Å². The summed E-state index contributed by atoms with van der Waals surface area (Å²) in [6.45, 7) is 3.78. The average Bonchev–Trinajstić information content (AvgIpc) is 3.44. The van der Waals surface area contributed by atoms with Crippen LogP contribution >= 0.6 is 0 Å². The Labute approximate surface area is 189 Å². The van der Waals surface area contributed by atoms with E-state index in [0.29, 0.717) is 17.1 Å². The smallest absolute Gasteiger partial charge is 0.310 e. The number of amides is 1. The summed E-state index contributed by atoms with van der Waals surface area (Å²) in [7, 11) is 2.89. The number of carbonyl (C=O) groups is 2. The lowest BCUT2D eigenvalue weighted by Crippen LogP contribution is -2.42. The number of cyclic esters (lactones) is 1. The predicted octanol–water partition coefficient (Wildman–Crippen LogP) is 2.42. The Morgan fingerprint density at radius 2 is 1.73 bits per heavy atom. The molecule has 2 aromatic carbocycles. The molecule has 2 N–H and O–H groups in total. The van der Waals surface area contributed by atoms with Crippen molar-refractivity contribution in [2.45, 2.75) is 12.0 Å². The monoisotopic (exact) mass is 453 g/mol. The number of ether oxygens (including phenoxy) is 5. The fourth-order valence-corrected chi connectivity index (χ4v) is 5.05. The number of phenolic OH excluding ortho intramolecular Hbond substituents is 1. The molecule has 9 nitrogen and oxygen atoms in total. The van der Waals surface area contributed by atoms with Crippen molar-refractivity contribution >= 4 is 11.9 Å². The molecular weight excluding hydrogens is 430 g/mol. The van der Waals surface area contributed by atoms with Crippen LogP contribution in [0.15, 0.2) is 36.9 Å². The highest BCUT2D eigenvalue weighted by atomic mass is 16.7. The average molecular weight is 453 g/mol. The second kappa shape index (κ2) is 7.91. The highest BCUT2D eigenvalue weighted by molar-refractivity contribution is 5.88. The molecule has 2 aromatic rings. The predicted molar refractivity (Wildman–Crippen MR) is 115 cm³/mol. The summed E-state index contributed by atoms with van der Waals surface area (Å²) in [4.78, 5) is 25.3. The molecule has 2 aliphatic heterocycles. The maximum absolute atomic E-state index is 13.0. The Morgan fingerprint density at radius 1 is 1.09 bits per heavy atom. The molecule has 0 aromatic heterocycles. The Kier molecular flexibility index (Phi) is 5.03. The molecule has 2 unspecified atom stereocenters. The number of carbonyl (C=O) groups excluding carboxylic acids is 2. The number of nitrogens with one attached hydrogen (secondary N) is 1. The lowest BCUT2D eigenvalue weighted by atomic mass is 9.65. The van der Waals surface area contributed by atoms with Crippen LogP contribution in [0, 0.1) is 11.8 Å². The third-order valence-electron chi connectivity index (χ3n) is 6.53. The van der Waals surface area contributed by atoms with E-state index >= 15 is 0 Å². The highest BCUT2D eigenvalue weighted by Gasteiger charge is 2.53. The molecule has 4 atom stereocenters. The Bertz CT molecular complexity index is 1130. The number of aromatic hydroxyl groups is 1. The van der Waals surface area contributed by atoms with Crippen LogP contribution in [0.3, 0.4) is 0 Å². The van der Waals surface area contributed by atoms with Crippen molar-refractivity contribution in [1.82, 2.24) is 5.32 Å². The quantitative estimate of drug-likeness (QED) is 0.524. The molecule has 0 radical (unpaired) electrons. The van der Waals surface area contributed by atoms with E-state index in [9.17, 15) is 14.7 Å². The minimum absolute atomic E-state index is 0.0856. The number of benzene rings is 2. The van der Waals surface area contributed by atoms with Gasteiger partial charge in [0, 0.05) is 11.8 Å². The molecule has 172 valence electrons. The molecule has 33 heavy (non-hydrogen) atoms. The third-order valence-corrected chi connectivity index (χ3v) is 6.53. The zero-order chi connectivity index (χ0) is 23.3. The van der Waals surface area contributed by atoms with Gasteiger partial charge in [-0.2, -0.15) is 0 Å². The van der Waals surface area contributed by atoms with Crippen molar-refractivity contribution in [2.75, 3.05) is 27.6 Å². The van der Waals surface area contributed by atoms with Gasteiger partial charge >= 0.3 is 5.97 Å². The van der Waals surface area contributed by atoms with Gasteiger partial charge in [0.15, 0.2) is 23.0 Å².